The molecule has 2 aromatic rings. The maximum absolute atomic E-state index is 9.57. The highest BCUT2D eigenvalue weighted by Gasteiger charge is 2.04. The molecule has 1 aromatic heterocycles. The van der Waals surface area contributed by atoms with Gasteiger partial charge in [-0.15, -0.1) is 0 Å². The number of nitrogens with zero attached hydrogens (tertiary/aromatic N) is 1. The van der Waals surface area contributed by atoms with E-state index in [1.54, 1.807) is 12.1 Å². The summed E-state index contributed by atoms with van der Waals surface area (Å²) in [5.41, 5.74) is 7.11. The highest BCUT2D eigenvalue weighted by atomic mass is 16.3. The van der Waals surface area contributed by atoms with Gasteiger partial charge in [-0.2, -0.15) is 0 Å². The molecule has 0 fully saturated rings. The van der Waals surface area contributed by atoms with Gasteiger partial charge in [0.25, 0.3) is 0 Å². The number of benzene rings is 1. The fourth-order valence-electron chi connectivity index (χ4n) is 1.40. The van der Waals surface area contributed by atoms with E-state index >= 15 is 0 Å². The quantitative estimate of drug-likeness (QED) is 0.719. The molecule has 1 aromatic carbocycles. The zero-order valence-corrected chi connectivity index (χ0v) is 7.94. The van der Waals surface area contributed by atoms with Crippen LogP contribution < -0.4 is 5.73 Å². The van der Waals surface area contributed by atoms with Crippen molar-refractivity contribution >= 4 is 10.9 Å². The lowest BCUT2D eigenvalue weighted by molar-refractivity contribution is 0.480. The number of aromatic hydroxyl groups is 1. The molecule has 0 aliphatic heterocycles. The summed E-state index contributed by atoms with van der Waals surface area (Å²) in [6.07, 6.45) is 0. The van der Waals surface area contributed by atoms with Crippen molar-refractivity contribution in [1.82, 2.24) is 4.98 Å². The van der Waals surface area contributed by atoms with Gasteiger partial charge in [-0.3, -0.25) is 0 Å². The lowest BCUT2D eigenvalue weighted by atomic mass is 10.1. The van der Waals surface area contributed by atoms with Gasteiger partial charge in [-0.1, -0.05) is 18.2 Å². The van der Waals surface area contributed by atoms with Crippen LogP contribution in [0, 0.1) is 0 Å². The predicted molar refractivity (Wildman–Crippen MR) is 56.0 cm³/mol. The number of para-hydroxylation sites is 1. The lowest BCUT2D eigenvalue weighted by Gasteiger charge is -2.06. The van der Waals surface area contributed by atoms with Gasteiger partial charge >= 0.3 is 0 Å². The number of nitrogens with two attached hydrogens (primary N) is 1. The van der Waals surface area contributed by atoms with E-state index in [9.17, 15) is 5.11 Å². The van der Waals surface area contributed by atoms with Gasteiger partial charge in [0, 0.05) is 11.4 Å². The third-order valence-electron chi connectivity index (χ3n) is 2.19. The maximum atomic E-state index is 9.57. The van der Waals surface area contributed by atoms with Gasteiger partial charge in [0.05, 0.1) is 5.69 Å². The second kappa shape index (κ2) is 3.27. The van der Waals surface area contributed by atoms with E-state index in [2.05, 4.69) is 4.98 Å². The average molecular weight is 188 g/mol. The minimum Gasteiger partial charge on any atom is -0.506 e. The molecule has 0 spiro atoms. The summed E-state index contributed by atoms with van der Waals surface area (Å²) < 4.78 is 0. The fraction of sp³-hybridized carbons (Fsp3) is 0.182. The van der Waals surface area contributed by atoms with Crippen LogP contribution in [0.15, 0.2) is 30.3 Å². The molecule has 1 atom stereocenters. The predicted octanol–water partition coefficient (Wildman–Crippen LogP) is 1.96. The van der Waals surface area contributed by atoms with Gasteiger partial charge in [0.1, 0.15) is 11.3 Å². The van der Waals surface area contributed by atoms with E-state index in [4.69, 9.17) is 5.73 Å². The maximum Gasteiger partial charge on any atom is 0.141 e. The molecule has 3 N–H and O–H groups in total. The second-order valence-electron chi connectivity index (χ2n) is 3.37. The van der Waals surface area contributed by atoms with Crippen molar-refractivity contribution in [3.05, 3.63) is 36.0 Å². The van der Waals surface area contributed by atoms with Crippen LogP contribution in [0.25, 0.3) is 10.9 Å². The van der Waals surface area contributed by atoms with Crippen molar-refractivity contribution < 1.29 is 5.11 Å². The zero-order chi connectivity index (χ0) is 10.1. The third-order valence-corrected chi connectivity index (χ3v) is 2.19. The molecule has 0 bridgehead atoms. The number of pyridine rings is 1. The Morgan fingerprint density at radius 3 is 2.79 bits per heavy atom. The Bertz CT molecular complexity index is 466. The highest BCUT2D eigenvalue weighted by molar-refractivity contribution is 5.84. The molecule has 0 aliphatic carbocycles. The molecule has 0 amide bonds. The summed E-state index contributed by atoms with van der Waals surface area (Å²) in [7, 11) is 0. The van der Waals surface area contributed by atoms with E-state index in [-0.39, 0.29) is 11.8 Å². The summed E-state index contributed by atoms with van der Waals surface area (Å²) in [5.74, 6) is 0.199. The molecule has 3 heteroatoms. The molecule has 0 saturated carbocycles. The second-order valence-corrected chi connectivity index (χ2v) is 3.37. The molecule has 0 saturated heterocycles. The van der Waals surface area contributed by atoms with E-state index < -0.39 is 0 Å². The molecular weight excluding hydrogens is 176 g/mol. The Kier molecular flexibility index (Phi) is 2.09. The van der Waals surface area contributed by atoms with Crippen molar-refractivity contribution in [3.8, 4) is 5.75 Å². The number of hydrogen-bond donors (Lipinski definition) is 2. The topological polar surface area (TPSA) is 59.1 Å². The minimum absolute atomic E-state index is 0.112. The normalized spacial score (nSPS) is 13.0. The summed E-state index contributed by atoms with van der Waals surface area (Å²) in [4.78, 5) is 4.30. The summed E-state index contributed by atoms with van der Waals surface area (Å²) in [6, 6.07) is 9.02. The molecule has 0 aliphatic rings. The summed E-state index contributed by atoms with van der Waals surface area (Å²) >= 11 is 0. The van der Waals surface area contributed by atoms with Crippen LogP contribution in [-0.2, 0) is 0 Å². The number of hydrogen-bond acceptors (Lipinski definition) is 3. The average Bonchev–Trinajstić information content (AvgIpc) is 2.18. The van der Waals surface area contributed by atoms with E-state index in [0.717, 1.165) is 11.1 Å². The monoisotopic (exact) mass is 188 g/mol. The largest absolute Gasteiger partial charge is 0.506 e. The van der Waals surface area contributed by atoms with Gasteiger partial charge in [0.15, 0.2) is 0 Å². The SMILES string of the molecule is C[C@@H](N)c1ccc2cccc(O)c2n1. The molecule has 2 rings (SSSR count). The van der Waals surface area contributed by atoms with Crippen LogP contribution in [0.4, 0.5) is 0 Å². The van der Waals surface area contributed by atoms with Crippen LogP contribution in [-0.4, -0.2) is 10.1 Å². The lowest BCUT2D eigenvalue weighted by Crippen LogP contribution is -2.06. The van der Waals surface area contributed by atoms with Gasteiger partial charge in [-0.05, 0) is 19.1 Å². The number of phenolic OH excluding ortho intramolecular Hbond substituents is 1. The molecule has 3 nitrogen and oxygen atoms in total. The zero-order valence-electron chi connectivity index (χ0n) is 7.94. The Morgan fingerprint density at radius 2 is 2.07 bits per heavy atom. The molecule has 0 unspecified atom stereocenters. The van der Waals surface area contributed by atoms with Gasteiger partial charge < -0.3 is 10.8 Å². The van der Waals surface area contributed by atoms with Crippen molar-refractivity contribution in [3.63, 3.8) is 0 Å². The Hall–Kier alpha value is -1.61. The standard InChI is InChI=1S/C11H12N2O/c1-7(12)9-6-5-8-3-2-4-10(14)11(8)13-9/h2-7,14H,12H2,1H3/t7-/m1/s1. The number of fused-ring (bicyclic) bond motifs is 1. The fourth-order valence-corrected chi connectivity index (χ4v) is 1.40. The first-order valence-corrected chi connectivity index (χ1v) is 4.52. The Balaban J connectivity index is 2.70. The van der Waals surface area contributed by atoms with Crippen molar-refractivity contribution in [2.45, 2.75) is 13.0 Å². The molecule has 0 radical (unpaired) electrons. The van der Waals surface area contributed by atoms with Crippen molar-refractivity contribution in [2.24, 2.45) is 5.73 Å². The first kappa shape index (κ1) is 8.97. The summed E-state index contributed by atoms with van der Waals surface area (Å²) in [5, 5.41) is 10.5. The molecule has 72 valence electrons. The van der Waals surface area contributed by atoms with Gasteiger partial charge in [-0.25, -0.2) is 4.98 Å². The minimum atomic E-state index is -0.112. The van der Waals surface area contributed by atoms with E-state index in [1.807, 2.05) is 25.1 Å². The van der Waals surface area contributed by atoms with Crippen LogP contribution in [0.2, 0.25) is 0 Å². The number of aromatic nitrogens is 1. The van der Waals surface area contributed by atoms with Crippen molar-refractivity contribution in [2.75, 3.05) is 0 Å². The number of rotatable bonds is 1. The Morgan fingerprint density at radius 1 is 1.29 bits per heavy atom. The third kappa shape index (κ3) is 1.42. The molecule has 14 heavy (non-hydrogen) atoms. The molecular formula is C11H12N2O. The number of phenols is 1. The van der Waals surface area contributed by atoms with Crippen molar-refractivity contribution in [1.29, 1.82) is 0 Å². The first-order valence-electron chi connectivity index (χ1n) is 4.52. The molecule has 1 heterocycles. The van der Waals surface area contributed by atoms with Crippen LogP contribution >= 0.6 is 0 Å². The Labute approximate surface area is 82.2 Å². The first-order chi connectivity index (χ1) is 6.68. The van der Waals surface area contributed by atoms with Crippen LogP contribution in [0.3, 0.4) is 0 Å². The smallest absolute Gasteiger partial charge is 0.141 e. The summed E-state index contributed by atoms with van der Waals surface area (Å²) in [6.45, 7) is 1.87. The van der Waals surface area contributed by atoms with E-state index in [1.165, 1.54) is 0 Å². The van der Waals surface area contributed by atoms with E-state index in [0.29, 0.717) is 5.52 Å². The van der Waals surface area contributed by atoms with Crippen LogP contribution in [0.1, 0.15) is 18.7 Å². The highest BCUT2D eigenvalue weighted by Crippen LogP contribution is 2.23. The van der Waals surface area contributed by atoms with Gasteiger partial charge in [0.2, 0.25) is 0 Å². The van der Waals surface area contributed by atoms with Crippen LogP contribution in [0.5, 0.6) is 5.75 Å².